The van der Waals surface area contributed by atoms with Crippen LogP contribution in [0.2, 0.25) is 0 Å². The van der Waals surface area contributed by atoms with E-state index in [-0.39, 0.29) is 0 Å². The Bertz CT molecular complexity index is 901. The van der Waals surface area contributed by atoms with E-state index in [1.807, 2.05) is 42.8 Å². The van der Waals surface area contributed by atoms with Gasteiger partial charge in [0.1, 0.15) is 17.1 Å². The van der Waals surface area contributed by atoms with E-state index in [9.17, 15) is 4.79 Å². The molecule has 3 N–H and O–H groups in total. The summed E-state index contributed by atoms with van der Waals surface area (Å²) in [7, 11) is 3.46. The van der Waals surface area contributed by atoms with Gasteiger partial charge >= 0.3 is 0 Å². The topological polar surface area (TPSA) is 95.1 Å². The van der Waals surface area contributed by atoms with Crippen LogP contribution < -0.4 is 16.0 Å². The molecule has 1 aromatic carbocycles. The van der Waals surface area contributed by atoms with Crippen molar-refractivity contribution in [3.8, 4) is 17.0 Å². The Kier molecular flexibility index (Phi) is 3.71. The number of pyridine rings is 1. The zero-order chi connectivity index (χ0) is 16.6. The molecule has 118 valence electrons. The van der Waals surface area contributed by atoms with Crippen molar-refractivity contribution in [2.24, 2.45) is 12.9 Å². The van der Waals surface area contributed by atoms with E-state index >= 15 is 0 Å². The number of benzene rings is 1. The lowest BCUT2D eigenvalue weighted by molar-refractivity contribution is 0.0955. The predicted molar refractivity (Wildman–Crippen MR) is 86.9 cm³/mol. The van der Waals surface area contributed by atoms with E-state index in [1.54, 1.807) is 13.2 Å². The number of nitrogens with two attached hydrogens (primary N) is 1. The maximum atomic E-state index is 12.1. The average Bonchev–Trinajstić information content (AvgIpc) is 2.88. The molecule has 0 unspecified atom stereocenters. The van der Waals surface area contributed by atoms with Crippen molar-refractivity contribution in [2.75, 3.05) is 7.11 Å². The van der Waals surface area contributed by atoms with Gasteiger partial charge in [0, 0.05) is 12.6 Å². The smallest absolute Gasteiger partial charge is 0.267 e. The molecule has 0 aliphatic heterocycles. The molecule has 0 radical (unpaired) electrons. The largest absolute Gasteiger partial charge is 0.497 e. The van der Waals surface area contributed by atoms with Crippen LogP contribution in [0.15, 0.2) is 30.3 Å². The first-order valence-corrected chi connectivity index (χ1v) is 7.04. The molecule has 0 saturated heterocycles. The van der Waals surface area contributed by atoms with Gasteiger partial charge in [-0.2, -0.15) is 0 Å². The van der Waals surface area contributed by atoms with Crippen LogP contribution >= 0.6 is 0 Å². The number of nitrogens with zero attached hydrogens (tertiary/aromatic N) is 3. The summed E-state index contributed by atoms with van der Waals surface area (Å²) in [5.74, 6) is 6.38. The number of imidazole rings is 1. The molecule has 0 atom stereocenters. The third kappa shape index (κ3) is 2.51. The van der Waals surface area contributed by atoms with Crippen molar-refractivity contribution in [2.45, 2.75) is 6.92 Å². The molecule has 2 aromatic heterocycles. The van der Waals surface area contributed by atoms with Crippen LogP contribution in [0.3, 0.4) is 0 Å². The number of aromatic nitrogens is 3. The molecule has 3 rings (SSSR count). The Morgan fingerprint density at radius 3 is 2.78 bits per heavy atom. The van der Waals surface area contributed by atoms with Crippen molar-refractivity contribution in [1.29, 1.82) is 0 Å². The zero-order valence-corrected chi connectivity index (χ0v) is 13.1. The first-order chi connectivity index (χ1) is 11.0. The van der Waals surface area contributed by atoms with Crippen molar-refractivity contribution in [3.05, 3.63) is 41.7 Å². The van der Waals surface area contributed by atoms with Gasteiger partial charge < -0.3 is 9.30 Å². The molecule has 23 heavy (non-hydrogen) atoms. The number of fused-ring (bicyclic) bond motifs is 1. The van der Waals surface area contributed by atoms with E-state index in [1.165, 1.54) is 0 Å². The normalized spacial score (nSPS) is 10.8. The summed E-state index contributed by atoms with van der Waals surface area (Å²) < 4.78 is 7.09. The lowest BCUT2D eigenvalue weighted by atomic mass is 10.1. The lowest BCUT2D eigenvalue weighted by Gasteiger charge is -2.08. The second-order valence-electron chi connectivity index (χ2n) is 5.15. The molecule has 7 heteroatoms. The molecule has 0 saturated carbocycles. The van der Waals surface area contributed by atoms with E-state index in [0.717, 1.165) is 17.1 Å². The quantitative estimate of drug-likeness (QED) is 0.435. The van der Waals surface area contributed by atoms with Crippen LogP contribution in [0.4, 0.5) is 0 Å². The average molecular weight is 311 g/mol. The van der Waals surface area contributed by atoms with Crippen LogP contribution in [-0.2, 0) is 7.05 Å². The molecule has 3 aromatic rings. The number of aryl methyl sites for hydroxylation is 2. The van der Waals surface area contributed by atoms with Crippen LogP contribution in [0, 0.1) is 6.92 Å². The summed E-state index contributed by atoms with van der Waals surface area (Å²) in [5.41, 5.74) is 5.20. The molecule has 7 nitrogen and oxygen atoms in total. The molecule has 2 heterocycles. The van der Waals surface area contributed by atoms with E-state index < -0.39 is 5.91 Å². The summed E-state index contributed by atoms with van der Waals surface area (Å²) in [6.45, 7) is 1.86. The highest BCUT2D eigenvalue weighted by atomic mass is 16.5. The van der Waals surface area contributed by atoms with Gasteiger partial charge in [0.05, 0.1) is 18.4 Å². The molecule has 0 aliphatic rings. The highest BCUT2D eigenvalue weighted by molar-refractivity contribution is 6.05. The first kappa shape index (κ1) is 15.0. The van der Waals surface area contributed by atoms with Crippen molar-refractivity contribution < 1.29 is 9.53 Å². The number of nitrogens with one attached hydrogen (secondary N) is 1. The van der Waals surface area contributed by atoms with Gasteiger partial charge in [-0.05, 0) is 25.1 Å². The molecule has 0 bridgehead atoms. The standard InChI is InChI=1S/C16H17N5O2/c1-9-18-14-12(16(22)20-17)8-13(19-15(14)21(9)2)10-5-4-6-11(7-10)23-3/h4-8H,17H2,1-3H3,(H,20,22). The minimum atomic E-state index is -0.403. The Labute approximate surface area is 133 Å². The van der Waals surface area contributed by atoms with Crippen LogP contribution in [0.1, 0.15) is 16.2 Å². The van der Waals surface area contributed by atoms with Crippen molar-refractivity contribution in [1.82, 2.24) is 20.0 Å². The van der Waals surface area contributed by atoms with Crippen LogP contribution in [0.25, 0.3) is 22.4 Å². The molecule has 0 spiro atoms. The minimum Gasteiger partial charge on any atom is -0.497 e. The molecular formula is C16H17N5O2. The third-order valence-electron chi connectivity index (χ3n) is 3.79. The summed E-state index contributed by atoms with van der Waals surface area (Å²) in [6.07, 6.45) is 0. The van der Waals surface area contributed by atoms with Gasteiger partial charge in [-0.1, -0.05) is 12.1 Å². The zero-order valence-electron chi connectivity index (χ0n) is 13.1. The van der Waals surface area contributed by atoms with Crippen molar-refractivity contribution >= 4 is 17.1 Å². The second-order valence-corrected chi connectivity index (χ2v) is 5.15. The van der Waals surface area contributed by atoms with Gasteiger partial charge in [-0.25, -0.2) is 15.8 Å². The Morgan fingerprint density at radius 1 is 1.30 bits per heavy atom. The molecular weight excluding hydrogens is 294 g/mol. The summed E-state index contributed by atoms with van der Waals surface area (Å²) >= 11 is 0. The number of ether oxygens (including phenoxy) is 1. The number of nitrogen functional groups attached to an aromatic ring is 1. The fourth-order valence-electron chi connectivity index (χ4n) is 2.44. The monoisotopic (exact) mass is 311 g/mol. The van der Waals surface area contributed by atoms with Gasteiger partial charge in [0.15, 0.2) is 5.65 Å². The predicted octanol–water partition coefficient (Wildman–Crippen LogP) is 1.56. The lowest BCUT2D eigenvalue weighted by Crippen LogP contribution is -2.30. The van der Waals surface area contributed by atoms with Crippen LogP contribution in [-0.4, -0.2) is 27.6 Å². The number of hydrogen-bond acceptors (Lipinski definition) is 5. The first-order valence-electron chi connectivity index (χ1n) is 7.04. The van der Waals surface area contributed by atoms with E-state index in [2.05, 4.69) is 15.4 Å². The number of hydrogen-bond donors (Lipinski definition) is 2. The Hall–Kier alpha value is -2.93. The summed E-state index contributed by atoms with van der Waals surface area (Å²) in [4.78, 5) is 21.2. The molecule has 0 aliphatic carbocycles. The minimum absolute atomic E-state index is 0.388. The number of carbonyl (C=O) groups is 1. The number of amides is 1. The van der Waals surface area contributed by atoms with Gasteiger partial charge in [-0.15, -0.1) is 0 Å². The number of carbonyl (C=O) groups excluding carboxylic acids is 1. The van der Waals surface area contributed by atoms with Crippen LogP contribution in [0.5, 0.6) is 5.75 Å². The highest BCUT2D eigenvalue weighted by Gasteiger charge is 2.18. The highest BCUT2D eigenvalue weighted by Crippen LogP contribution is 2.27. The SMILES string of the molecule is COc1cccc(-c2cc(C(=O)NN)c3nc(C)n(C)c3n2)c1. The maximum absolute atomic E-state index is 12.1. The summed E-state index contributed by atoms with van der Waals surface area (Å²) in [5, 5.41) is 0. The fraction of sp³-hybridized carbons (Fsp3) is 0.188. The third-order valence-corrected chi connectivity index (χ3v) is 3.79. The van der Waals surface area contributed by atoms with Gasteiger partial charge in [0.2, 0.25) is 0 Å². The summed E-state index contributed by atoms with van der Waals surface area (Å²) in [6, 6.07) is 9.18. The molecule has 0 fully saturated rings. The molecule has 1 amide bonds. The van der Waals surface area contributed by atoms with Gasteiger partial charge in [-0.3, -0.25) is 10.2 Å². The number of hydrazine groups is 1. The number of methoxy groups -OCH3 is 1. The van der Waals surface area contributed by atoms with Gasteiger partial charge in [0.25, 0.3) is 5.91 Å². The Balaban J connectivity index is 2.29. The fourth-order valence-corrected chi connectivity index (χ4v) is 2.44. The van der Waals surface area contributed by atoms with E-state index in [0.29, 0.717) is 22.4 Å². The van der Waals surface area contributed by atoms with Crippen molar-refractivity contribution in [3.63, 3.8) is 0 Å². The Morgan fingerprint density at radius 2 is 2.09 bits per heavy atom. The maximum Gasteiger partial charge on any atom is 0.267 e. The van der Waals surface area contributed by atoms with E-state index in [4.69, 9.17) is 10.6 Å². The number of rotatable bonds is 3. The second kappa shape index (κ2) is 5.69.